The molecule has 1 aliphatic heterocycles. The average molecular weight is 375 g/mol. The SMILES string of the molecule is O=C(NC(Cc1nc2ccccc2[nH]1)c1nc2ccccc2[nH]1)C1CCCO1. The maximum atomic E-state index is 12.7. The molecule has 2 aromatic heterocycles. The van der Waals surface area contributed by atoms with E-state index in [4.69, 9.17) is 9.72 Å². The molecule has 2 atom stereocenters. The molecule has 2 aromatic carbocycles. The lowest BCUT2D eigenvalue weighted by Gasteiger charge is -2.18. The van der Waals surface area contributed by atoms with Crippen molar-refractivity contribution in [2.75, 3.05) is 6.61 Å². The van der Waals surface area contributed by atoms with Crippen molar-refractivity contribution in [3.8, 4) is 0 Å². The van der Waals surface area contributed by atoms with Gasteiger partial charge in [-0.1, -0.05) is 24.3 Å². The Bertz CT molecular complexity index is 1060. The van der Waals surface area contributed by atoms with Crippen molar-refractivity contribution in [3.05, 3.63) is 60.2 Å². The van der Waals surface area contributed by atoms with E-state index < -0.39 is 0 Å². The number of amides is 1. The number of aromatic nitrogens is 4. The fourth-order valence-electron chi connectivity index (χ4n) is 3.70. The Morgan fingerprint density at radius 2 is 1.79 bits per heavy atom. The number of hydrogen-bond donors (Lipinski definition) is 3. The van der Waals surface area contributed by atoms with Crippen molar-refractivity contribution >= 4 is 28.0 Å². The molecule has 4 aromatic rings. The van der Waals surface area contributed by atoms with Crippen LogP contribution in [0.3, 0.4) is 0 Å². The number of carbonyl (C=O) groups is 1. The molecule has 3 heterocycles. The Morgan fingerprint density at radius 1 is 1.07 bits per heavy atom. The molecule has 0 saturated carbocycles. The number of H-pyrrole nitrogens is 2. The highest BCUT2D eigenvalue weighted by molar-refractivity contribution is 5.82. The Morgan fingerprint density at radius 3 is 2.46 bits per heavy atom. The highest BCUT2D eigenvalue weighted by Crippen LogP contribution is 2.22. The second-order valence-corrected chi connectivity index (χ2v) is 7.11. The molecule has 0 spiro atoms. The van der Waals surface area contributed by atoms with Gasteiger partial charge in [0.25, 0.3) is 0 Å². The van der Waals surface area contributed by atoms with Crippen LogP contribution in [0.25, 0.3) is 22.1 Å². The van der Waals surface area contributed by atoms with Gasteiger partial charge in [0.05, 0.1) is 28.1 Å². The summed E-state index contributed by atoms with van der Waals surface area (Å²) in [5.41, 5.74) is 3.70. The van der Waals surface area contributed by atoms with Crippen molar-refractivity contribution in [1.29, 1.82) is 0 Å². The van der Waals surface area contributed by atoms with Crippen molar-refractivity contribution in [1.82, 2.24) is 25.3 Å². The number of benzene rings is 2. The van der Waals surface area contributed by atoms with E-state index in [0.717, 1.165) is 40.7 Å². The van der Waals surface area contributed by atoms with E-state index in [1.165, 1.54) is 0 Å². The van der Waals surface area contributed by atoms with Crippen molar-refractivity contribution < 1.29 is 9.53 Å². The first-order chi connectivity index (χ1) is 13.8. The number of rotatable bonds is 5. The van der Waals surface area contributed by atoms with E-state index in [1.54, 1.807) is 0 Å². The predicted octanol–water partition coefficient (Wildman–Crippen LogP) is 3.02. The summed E-state index contributed by atoms with van der Waals surface area (Å²) in [6.45, 7) is 0.636. The number of fused-ring (bicyclic) bond motifs is 2. The highest BCUT2D eigenvalue weighted by atomic mass is 16.5. The third-order valence-corrected chi connectivity index (χ3v) is 5.11. The Balaban J connectivity index is 1.46. The van der Waals surface area contributed by atoms with Gasteiger partial charge < -0.3 is 20.0 Å². The number of imidazole rings is 2. The van der Waals surface area contributed by atoms with Crippen LogP contribution in [-0.4, -0.2) is 38.6 Å². The zero-order valence-corrected chi connectivity index (χ0v) is 15.3. The number of nitrogens with zero attached hydrogens (tertiary/aromatic N) is 2. The second kappa shape index (κ2) is 7.09. The van der Waals surface area contributed by atoms with E-state index >= 15 is 0 Å². The number of carbonyl (C=O) groups excluding carboxylic acids is 1. The first-order valence-electron chi connectivity index (χ1n) is 9.56. The Hall–Kier alpha value is -3.19. The molecule has 7 nitrogen and oxygen atoms in total. The summed E-state index contributed by atoms with van der Waals surface area (Å²) in [4.78, 5) is 28.7. The van der Waals surface area contributed by atoms with Gasteiger partial charge in [-0.05, 0) is 37.1 Å². The molecule has 1 fully saturated rings. The van der Waals surface area contributed by atoms with Gasteiger partial charge in [0.1, 0.15) is 17.8 Å². The minimum absolute atomic E-state index is 0.0981. The van der Waals surface area contributed by atoms with Gasteiger partial charge in [0.2, 0.25) is 5.91 Å². The second-order valence-electron chi connectivity index (χ2n) is 7.11. The number of aromatic amines is 2. The van der Waals surface area contributed by atoms with E-state index in [0.29, 0.717) is 18.9 Å². The van der Waals surface area contributed by atoms with E-state index in [2.05, 4.69) is 20.3 Å². The van der Waals surface area contributed by atoms with Gasteiger partial charge in [-0.3, -0.25) is 4.79 Å². The monoisotopic (exact) mass is 375 g/mol. The summed E-state index contributed by atoms with van der Waals surface area (Å²) >= 11 is 0. The molecule has 28 heavy (non-hydrogen) atoms. The van der Waals surface area contributed by atoms with Crippen LogP contribution in [-0.2, 0) is 16.0 Å². The zero-order chi connectivity index (χ0) is 18.9. The fraction of sp³-hybridized carbons (Fsp3) is 0.286. The summed E-state index contributed by atoms with van der Waals surface area (Å²) in [6, 6.07) is 15.4. The molecular formula is C21H21N5O2. The molecule has 0 bridgehead atoms. The van der Waals surface area contributed by atoms with Crippen LogP contribution in [0, 0.1) is 0 Å². The van der Waals surface area contributed by atoms with Crippen LogP contribution < -0.4 is 5.32 Å². The molecule has 7 heteroatoms. The van der Waals surface area contributed by atoms with Crippen molar-refractivity contribution in [3.63, 3.8) is 0 Å². The Labute approximate surface area is 161 Å². The van der Waals surface area contributed by atoms with Gasteiger partial charge in [-0.2, -0.15) is 0 Å². The Kier molecular flexibility index (Phi) is 4.29. The summed E-state index contributed by atoms with van der Waals surface area (Å²) in [7, 11) is 0. The van der Waals surface area contributed by atoms with Gasteiger partial charge in [-0.25, -0.2) is 9.97 Å². The lowest BCUT2D eigenvalue weighted by Crippen LogP contribution is -2.38. The van der Waals surface area contributed by atoms with E-state index in [-0.39, 0.29) is 18.1 Å². The largest absolute Gasteiger partial charge is 0.368 e. The molecule has 2 unspecified atom stereocenters. The molecule has 3 N–H and O–H groups in total. The molecule has 0 radical (unpaired) electrons. The average Bonchev–Trinajstić information content (AvgIpc) is 3.45. The molecule has 1 saturated heterocycles. The van der Waals surface area contributed by atoms with Gasteiger partial charge in [0.15, 0.2) is 0 Å². The summed E-state index contributed by atoms with van der Waals surface area (Å²) in [5.74, 6) is 1.42. The first-order valence-corrected chi connectivity index (χ1v) is 9.56. The third kappa shape index (κ3) is 3.25. The molecule has 5 rings (SSSR count). The quantitative estimate of drug-likeness (QED) is 0.500. The standard InChI is InChI=1S/C21H21N5O2/c27-21(18-10-5-11-28-18)26-17(20-24-15-8-3-4-9-16(15)25-20)12-19-22-13-6-1-2-7-14(13)23-19/h1-4,6-9,17-18H,5,10-12H2,(H,22,23)(H,24,25)(H,26,27). The number of ether oxygens (including phenoxy) is 1. The molecule has 0 aliphatic carbocycles. The van der Waals surface area contributed by atoms with Crippen LogP contribution in [0.4, 0.5) is 0 Å². The van der Waals surface area contributed by atoms with Crippen LogP contribution in [0.5, 0.6) is 0 Å². The maximum absolute atomic E-state index is 12.7. The lowest BCUT2D eigenvalue weighted by molar-refractivity contribution is -0.130. The lowest BCUT2D eigenvalue weighted by atomic mass is 10.1. The minimum atomic E-state index is -0.387. The molecular weight excluding hydrogens is 354 g/mol. The predicted molar refractivity (Wildman–Crippen MR) is 106 cm³/mol. The third-order valence-electron chi connectivity index (χ3n) is 5.11. The van der Waals surface area contributed by atoms with Crippen LogP contribution in [0.15, 0.2) is 48.5 Å². The first kappa shape index (κ1) is 16.9. The van der Waals surface area contributed by atoms with E-state index in [1.807, 2.05) is 48.5 Å². The number of hydrogen-bond acceptors (Lipinski definition) is 4. The summed E-state index contributed by atoms with van der Waals surface area (Å²) in [6.07, 6.45) is 1.79. The molecule has 142 valence electrons. The molecule has 1 aliphatic rings. The normalized spacial score (nSPS) is 17.9. The number of para-hydroxylation sites is 4. The van der Waals surface area contributed by atoms with Gasteiger partial charge in [0, 0.05) is 13.0 Å². The number of nitrogens with one attached hydrogen (secondary N) is 3. The van der Waals surface area contributed by atoms with Crippen LogP contribution >= 0.6 is 0 Å². The fourth-order valence-corrected chi connectivity index (χ4v) is 3.70. The maximum Gasteiger partial charge on any atom is 0.249 e. The van der Waals surface area contributed by atoms with E-state index in [9.17, 15) is 4.79 Å². The van der Waals surface area contributed by atoms with Crippen LogP contribution in [0.2, 0.25) is 0 Å². The van der Waals surface area contributed by atoms with Gasteiger partial charge >= 0.3 is 0 Å². The smallest absolute Gasteiger partial charge is 0.249 e. The van der Waals surface area contributed by atoms with Crippen molar-refractivity contribution in [2.24, 2.45) is 0 Å². The summed E-state index contributed by atoms with van der Waals surface area (Å²) < 4.78 is 5.54. The summed E-state index contributed by atoms with van der Waals surface area (Å²) in [5, 5.41) is 3.11. The minimum Gasteiger partial charge on any atom is -0.368 e. The topological polar surface area (TPSA) is 95.7 Å². The van der Waals surface area contributed by atoms with Gasteiger partial charge in [-0.15, -0.1) is 0 Å². The zero-order valence-electron chi connectivity index (χ0n) is 15.3. The van der Waals surface area contributed by atoms with Crippen molar-refractivity contribution in [2.45, 2.75) is 31.4 Å². The molecule has 1 amide bonds. The highest BCUT2D eigenvalue weighted by Gasteiger charge is 2.28. The van der Waals surface area contributed by atoms with Crippen LogP contribution in [0.1, 0.15) is 30.5 Å².